The molecule has 2 amide bonds. The first-order valence-electron chi connectivity index (χ1n) is 9.71. The highest BCUT2D eigenvalue weighted by atomic mass is 35.5. The summed E-state index contributed by atoms with van der Waals surface area (Å²) in [4.78, 5) is 26.6. The van der Waals surface area contributed by atoms with Crippen LogP contribution < -0.4 is 10.1 Å². The number of likely N-dealkylation sites (tertiary alicyclic amines) is 1. The van der Waals surface area contributed by atoms with Crippen molar-refractivity contribution in [3.8, 4) is 5.75 Å². The lowest BCUT2D eigenvalue weighted by molar-refractivity contribution is -0.131. The van der Waals surface area contributed by atoms with Crippen molar-refractivity contribution < 1.29 is 18.8 Å². The van der Waals surface area contributed by atoms with Gasteiger partial charge in [0.25, 0.3) is 5.91 Å². The maximum Gasteiger partial charge on any atom is 0.258 e. The lowest BCUT2D eigenvalue weighted by atomic mass is 10.1. The van der Waals surface area contributed by atoms with Crippen molar-refractivity contribution in [2.24, 2.45) is 0 Å². The van der Waals surface area contributed by atoms with Crippen molar-refractivity contribution in [2.45, 2.75) is 52.6 Å². The third-order valence-corrected chi connectivity index (χ3v) is 5.43. The van der Waals surface area contributed by atoms with Gasteiger partial charge in [-0.05, 0) is 57.4 Å². The fraction of sp³-hybridized carbons (Fsp3) is 0.476. The number of hydrogen-bond acceptors (Lipinski definition) is 5. The van der Waals surface area contributed by atoms with Crippen LogP contribution in [0.5, 0.6) is 5.75 Å². The molecule has 2 aromatic rings. The fourth-order valence-electron chi connectivity index (χ4n) is 3.45. The molecule has 0 bridgehead atoms. The van der Waals surface area contributed by atoms with Crippen LogP contribution in [-0.2, 0) is 16.1 Å². The molecule has 1 aromatic heterocycles. The Morgan fingerprint density at radius 2 is 2.14 bits per heavy atom. The highest BCUT2D eigenvalue weighted by Gasteiger charge is 2.25. The van der Waals surface area contributed by atoms with Crippen LogP contribution in [0.4, 0.5) is 0 Å². The summed E-state index contributed by atoms with van der Waals surface area (Å²) >= 11 is 5.93. The molecule has 1 aromatic carbocycles. The molecule has 1 unspecified atom stereocenters. The number of rotatable bonds is 6. The molecule has 1 aliphatic rings. The molecule has 0 aliphatic carbocycles. The molecule has 0 spiro atoms. The first-order valence-corrected chi connectivity index (χ1v) is 10.1. The second-order valence-corrected chi connectivity index (χ2v) is 7.84. The minimum atomic E-state index is -0.198. The number of benzene rings is 1. The van der Waals surface area contributed by atoms with Gasteiger partial charge in [0.15, 0.2) is 6.61 Å². The van der Waals surface area contributed by atoms with E-state index in [1.54, 1.807) is 18.2 Å². The van der Waals surface area contributed by atoms with Gasteiger partial charge in [-0.25, -0.2) is 0 Å². The second kappa shape index (κ2) is 9.31. The predicted octanol–water partition coefficient (Wildman–Crippen LogP) is 3.33. The summed E-state index contributed by atoms with van der Waals surface area (Å²) in [6.45, 7) is 6.59. The predicted molar refractivity (Wildman–Crippen MR) is 109 cm³/mol. The SMILES string of the molecule is Cc1cc(Cl)ccc1OCC(=O)NC1CCC(=O)N(Cc2c(C)noc2C)CC1. The summed E-state index contributed by atoms with van der Waals surface area (Å²) in [5.74, 6) is 1.25. The number of nitrogens with one attached hydrogen (secondary N) is 1. The lowest BCUT2D eigenvalue weighted by Crippen LogP contribution is -2.38. The van der Waals surface area contributed by atoms with E-state index in [1.807, 2.05) is 25.7 Å². The minimum absolute atomic E-state index is 0.0592. The molecular weight excluding hydrogens is 394 g/mol. The average Bonchev–Trinajstić information content (AvgIpc) is 2.88. The Bertz CT molecular complexity index is 877. The molecule has 0 saturated carbocycles. The monoisotopic (exact) mass is 419 g/mol. The summed E-state index contributed by atoms with van der Waals surface area (Å²) in [6.07, 6.45) is 1.70. The maximum atomic E-state index is 12.5. The zero-order valence-electron chi connectivity index (χ0n) is 17.0. The van der Waals surface area contributed by atoms with E-state index in [0.29, 0.717) is 43.1 Å². The van der Waals surface area contributed by atoms with Crippen LogP contribution >= 0.6 is 11.6 Å². The van der Waals surface area contributed by atoms with Crippen molar-refractivity contribution in [1.82, 2.24) is 15.4 Å². The quantitative estimate of drug-likeness (QED) is 0.776. The van der Waals surface area contributed by atoms with Crippen LogP contribution in [0.15, 0.2) is 22.7 Å². The smallest absolute Gasteiger partial charge is 0.258 e. The van der Waals surface area contributed by atoms with E-state index in [-0.39, 0.29) is 24.5 Å². The van der Waals surface area contributed by atoms with Gasteiger partial charge < -0.3 is 19.5 Å². The van der Waals surface area contributed by atoms with Gasteiger partial charge in [0.2, 0.25) is 5.91 Å². The third kappa shape index (κ3) is 5.50. The zero-order chi connectivity index (χ0) is 21.0. The summed E-state index contributed by atoms with van der Waals surface area (Å²) in [5, 5.41) is 7.56. The zero-order valence-corrected chi connectivity index (χ0v) is 17.7. The average molecular weight is 420 g/mol. The van der Waals surface area contributed by atoms with Crippen molar-refractivity contribution in [1.29, 1.82) is 0 Å². The van der Waals surface area contributed by atoms with Gasteiger partial charge in [0, 0.05) is 29.6 Å². The maximum absolute atomic E-state index is 12.5. The molecule has 156 valence electrons. The number of nitrogens with zero attached hydrogens (tertiary/aromatic N) is 2. The van der Waals surface area contributed by atoms with E-state index >= 15 is 0 Å². The Morgan fingerprint density at radius 1 is 1.34 bits per heavy atom. The van der Waals surface area contributed by atoms with Gasteiger partial charge in [-0.3, -0.25) is 9.59 Å². The number of amides is 2. The summed E-state index contributed by atoms with van der Waals surface area (Å²) in [6, 6.07) is 5.21. The summed E-state index contributed by atoms with van der Waals surface area (Å²) < 4.78 is 10.8. The first kappa shape index (κ1) is 21.2. The van der Waals surface area contributed by atoms with Gasteiger partial charge in [-0.2, -0.15) is 0 Å². The number of carbonyl (C=O) groups is 2. The molecule has 1 N–H and O–H groups in total. The molecular formula is C21H26ClN3O4. The molecule has 0 radical (unpaired) electrons. The normalized spacial score (nSPS) is 17.2. The summed E-state index contributed by atoms with van der Waals surface area (Å²) in [7, 11) is 0. The molecule has 7 nitrogen and oxygen atoms in total. The Morgan fingerprint density at radius 3 is 2.83 bits per heavy atom. The van der Waals surface area contributed by atoms with Crippen molar-refractivity contribution >= 4 is 23.4 Å². The highest BCUT2D eigenvalue weighted by Crippen LogP contribution is 2.22. The molecule has 8 heteroatoms. The molecule has 1 aliphatic heterocycles. The number of hydrogen-bond donors (Lipinski definition) is 1. The Labute approximate surface area is 175 Å². The standard InChI is InChI=1S/C21H26ClN3O4/c1-13-10-16(22)4-6-19(13)28-12-20(26)23-17-5-7-21(27)25(9-8-17)11-18-14(2)24-29-15(18)3/h4,6,10,17H,5,7-9,11-12H2,1-3H3,(H,23,26). The van der Waals surface area contributed by atoms with Crippen molar-refractivity contribution in [3.05, 3.63) is 45.8 Å². The van der Waals surface area contributed by atoms with Gasteiger partial charge in [0.1, 0.15) is 11.5 Å². The van der Waals surface area contributed by atoms with E-state index in [4.69, 9.17) is 20.9 Å². The first-order chi connectivity index (χ1) is 13.8. The van der Waals surface area contributed by atoms with Gasteiger partial charge >= 0.3 is 0 Å². The van der Waals surface area contributed by atoms with E-state index in [0.717, 1.165) is 22.6 Å². The number of carbonyl (C=O) groups excluding carboxylic acids is 2. The molecule has 1 atom stereocenters. The van der Waals surface area contributed by atoms with Crippen LogP contribution in [-0.4, -0.2) is 41.1 Å². The molecule has 1 fully saturated rings. The molecule has 29 heavy (non-hydrogen) atoms. The van der Waals surface area contributed by atoms with Crippen LogP contribution in [0.2, 0.25) is 5.02 Å². The minimum Gasteiger partial charge on any atom is -0.484 e. The van der Waals surface area contributed by atoms with Gasteiger partial charge in [0.05, 0.1) is 12.2 Å². The topological polar surface area (TPSA) is 84.7 Å². The van der Waals surface area contributed by atoms with Crippen LogP contribution in [0.3, 0.4) is 0 Å². The Balaban J connectivity index is 1.51. The number of aromatic nitrogens is 1. The molecule has 2 heterocycles. The van der Waals surface area contributed by atoms with Crippen LogP contribution in [0.25, 0.3) is 0 Å². The van der Waals surface area contributed by atoms with Crippen LogP contribution in [0.1, 0.15) is 41.8 Å². The largest absolute Gasteiger partial charge is 0.484 e. The van der Waals surface area contributed by atoms with E-state index in [9.17, 15) is 9.59 Å². The van der Waals surface area contributed by atoms with Crippen LogP contribution in [0, 0.1) is 20.8 Å². The van der Waals surface area contributed by atoms with Crippen molar-refractivity contribution in [2.75, 3.05) is 13.2 Å². The Hall–Kier alpha value is -2.54. The van der Waals surface area contributed by atoms with Gasteiger partial charge in [-0.15, -0.1) is 0 Å². The number of halogens is 1. The lowest BCUT2D eigenvalue weighted by Gasteiger charge is -2.21. The molecule has 3 rings (SSSR count). The molecule has 1 saturated heterocycles. The van der Waals surface area contributed by atoms with E-state index in [2.05, 4.69) is 10.5 Å². The van der Waals surface area contributed by atoms with E-state index in [1.165, 1.54) is 0 Å². The third-order valence-electron chi connectivity index (χ3n) is 5.20. The second-order valence-electron chi connectivity index (χ2n) is 7.41. The number of aryl methyl sites for hydroxylation is 3. The van der Waals surface area contributed by atoms with Crippen molar-refractivity contribution in [3.63, 3.8) is 0 Å². The van der Waals surface area contributed by atoms with E-state index < -0.39 is 0 Å². The number of ether oxygens (including phenoxy) is 1. The summed E-state index contributed by atoms with van der Waals surface area (Å²) in [5.41, 5.74) is 2.63. The Kier molecular flexibility index (Phi) is 6.79. The fourth-order valence-corrected chi connectivity index (χ4v) is 3.68. The highest BCUT2D eigenvalue weighted by molar-refractivity contribution is 6.30. The van der Waals surface area contributed by atoms with Gasteiger partial charge in [-0.1, -0.05) is 16.8 Å².